The van der Waals surface area contributed by atoms with Crippen molar-refractivity contribution in [3.05, 3.63) is 22.2 Å². The summed E-state index contributed by atoms with van der Waals surface area (Å²) in [6.07, 6.45) is 0. The van der Waals surface area contributed by atoms with Crippen molar-refractivity contribution in [3.8, 4) is 0 Å². The third-order valence-electron chi connectivity index (χ3n) is 2.15. The summed E-state index contributed by atoms with van der Waals surface area (Å²) in [5.41, 5.74) is 10.2. The van der Waals surface area contributed by atoms with E-state index in [0.717, 1.165) is 11.8 Å². The third-order valence-corrected chi connectivity index (χ3v) is 2.99. The van der Waals surface area contributed by atoms with E-state index in [0.29, 0.717) is 0 Å². The average Bonchev–Trinajstić information content (AvgIpc) is 2.65. The first kappa shape index (κ1) is 13.1. The van der Waals surface area contributed by atoms with Gasteiger partial charge in [0.25, 0.3) is 0 Å². The van der Waals surface area contributed by atoms with Gasteiger partial charge in [0.2, 0.25) is 5.78 Å². The van der Waals surface area contributed by atoms with Crippen LogP contribution in [0.4, 0.5) is 11.6 Å². The van der Waals surface area contributed by atoms with Gasteiger partial charge in [-0.1, -0.05) is 16.4 Å². The van der Waals surface area contributed by atoms with Gasteiger partial charge in [-0.15, -0.1) is 0 Å². The van der Waals surface area contributed by atoms with Crippen LogP contribution in [0.15, 0.2) is 20.5 Å². The summed E-state index contributed by atoms with van der Waals surface area (Å²) in [6, 6.07) is 1.41. The fraction of sp³-hybridized carbons (Fsp3) is 0.222. The number of aromatic nitrogens is 4. The van der Waals surface area contributed by atoms with Crippen molar-refractivity contribution in [2.24, 2.45) is 7.05 Å². The number of nitrogens with zero attached hydrogens (tertiary/aromatic N) is 3. The molecule has 19 heavy (non-hydrogen) atoms. The van der Waals surface area contributed by atoms with Crippen LogP contribution in [0.3, 0.4) is 0 Å². The van der Waals surface area contributed by atoms with Crippen molar-refractivity contribution in [1.29, 1.82) is 0 Å². The Hall–Kier alpha value is -2.36. The minimum absolute atomic E-state index is 0.0284. The minimum atomic E-state index is -0.721. The highest BCUT2D eigenvalue weighted by atomic mass is 32.2. The number of nitrogen functional groups attached to an aromatic ring is 2. The SMILES string of the molecule is C[n+]1[nH]oc(=O)c1C(=O)CSc1nc(N)cc(N)n1. The molecule has 0 spiro atoms. The Bertz CT molecular complexity index is 659. The maximum Gasteiger partial charge on any atom is 0.438 e. The molecule has 10 heteroatoms. The Morgan fingerprint density at radius 1 is 1.47 bits per heavy atom. The molecule has 0 bridgehead atoms. The lowest BCUT2D eigenvalue weighted by Crippen LogP contribution is -2.39. The molecular weight excluding hydrogens is 272 g/mol. The monoisotopic (exact) mass is 283 g/mol. The second-order valence-electron chi connectivity index (χ2n) is 3.60. The van der Waals surface area contributed by atoms with E-state index in [-0.39, 0.29) is 28.2 Å². The summed E-state index contributed by atoms with van der Waals surface area (Å²) < 4.78 is 5.70. The number of hydrogen-bond acceptors (Lipinski definition) is 8. The van der Waals surface area contributed by atoms with Crippen LogP contribution in [0.5, 0.6) is 0 Å². The number of hydrogen-bond donors (Lipinski definition) is 3. The van der Waals surface area contributed by atoms with E-state index >= 15 is 0 Å². The van der Waals surface area contributed by atoms with E-state index in [1.165, 1.54) is 17.8 Å². The van der Waals surface area contributed by atoms with Gasteiger partial charge in [0.05, 0.1) is 5.75 Å². The maximum atomic E-state index is 11.9. The molecule has 0 unspecified atom stereocenters. The molecule has 2 rings (SSSR count). The summed E-state index contributed by atoms with van der Waals surface area (Å²) in [4.78, 5) is 31.0. The highest BCUT2D eigenvalue weighted by Gasteiger charge is 2.26. The van der Waals surface area contributed by atoms with Crippen molar-refractivity contribution in [3.63, 3.8) is 0 Å². The first-order valence-electron chi connectivity index (χ1n) is 5.11. The molecular formula is C9H11N6O3S+. The van der Waals surface area contributed by atoms with Crippen molar-refractivity contribution in [2.45, 2.75) is 5.16 Å². The molecule has 0 aliphatic rings. The number of carbonyl (C=O) groups excluding carboxylic acids is 1. The van der Waals surface area contributed by atoms with Gasteiger partial charge >= 0.3 is 11.3 Å². The fourth-order valence-corrected chi connectivity index (χ4v) is 2.10. The van der Waals surface area contributed by atoms with Crippen LogP contribution in [0.25, 0.3) is 0 Å². The molecule has 0 saturated carbocycles. The highest BCUT2D eigenvalue weighted by Crippen LogP contribution is 2.16. The first-order chi connectivity index (χ1) is 8.97. The Morgan fingerprint density at radius 2 is 2.11 bits per heavy atom. The topological polar surface area (TPSA) is 145 Å². The van der Waals surface area contributed by atoms with Crippen molar-refractivity contribution in [2.75, 3.05) is 17.2 Å². The predicted octanol–water partition coefficient (Wildman–Crippen LogP) is -1.28. The number of rotatable bonds is 4. The van der Waals surface area contributed by atoms with Crippen molar-refractivity contribution < 1.29 is 14.0 Å². The van der Waals surface area contributed by atoms with Crippen molar-refractivity contribution in [1.82, 2.24) is 15.2 Å². The summed E-state index contributed by atoms with van der Waals surface area (Å²) in [6.45, 7) is 0. The number of nitrogens with one attached hydrogen (secondary N) is 1. The van der Waals surface area contributed by atoms with Gasteiger partial charge in [-0.3, -0.25) is 9.32 Å². The van der Waals surface area contributed by atoms with Crippen LogP contribution in [-0.2, 0) is 7.05 Å². The number of ketones is 1. The molecule has 0 fully saturated rings. The Labute approximate surface area is 111 Å². The normalized spacial score (nSPS) is 10.6. The standard InChI is InChI=1S/C9H10N6O3S/c1-15-7(8(17)18-14-15)4(16)3-19-9-12-5(10)2-6(11)13-9/h2H,3H2,1H3,(H4-,10,11,12,13,14,16,17)/p+1. The summed E-state index contributed by atoms with van der Waals surface area (Å²) in [5, 5.41) is 2.53. The van der Waals surface area contributed by atoms with Gasteiger partial charge in [0, 0.05) is 6.07 Å². The molecule has 0 aromatic carbocycles. The van der Waals surface area contributed by atoms with Gasteiger partial charge in [-0.25, -0.2) is 14.8 Å². The van der Waals surface area contributed by atoms with E-state index in [1.807, 2.05) is 0 Å². The van der Waals surface area contributed by atoms with E-state index in [9.17, 15) is 9.59 Å². The van der Waals surface area contributed by atoms with Crippen LogP contribution < -0.4 is 21.8 Å². The quantitative estimate of drug-likeness (QED) is 0.272. The van der Waals surface area contributed by atoms with Gasteiger partial charge in [0.1, 0.15) is 11.6 Å². The lowest BCUT2D eigenvalue weighted by Gasteiger charge is -2.00. The molecule has 0 radical (unpaired) electrons. The lowest BCUT2D eigenvalue weighted by molar-refractivity contribution is -0.741. The number of anilines is 2. The van der Waals surface area contributed by atoms with E-state index < -0.39 is 11.4 Å². The molecule has 0 saturated heterocycles. The number of nitrogens with two attached hydrogens (primary N) is 2. The summed E-state index contributed by atoms with van der Waals surface area (Å²) in [5.74, 6) is -0.00489. The highest BCUT2D eigenvalue weighted by molar-refractivity contribution is 7.99. The van der Waals surface area contributed by atoms with Crippen LogP contribution in [0.1, 0.15) is 10.5 Å². The number of thioether (sulfide) groups is 1. The molecule has 9 nitrogen and oxygen atoms in total. The van der Waals surface area contributed by atoms with Crippen molar-refractivity contribution >= 4 is 29.2 Å². The molecule has 2 aromatic rings. The molecule has 0 amide bonds. The summed E-state index contributed by atoms with van der Waals surface area (Å²) >= 11 is 1.03. The van der Waals surface area contributed by atoms with E-state index in [2.05, 4.69) is 19.8 Å². The molecule has 0 aliphatic carbocycles. The zero-order valence-corrected chi connectivity index (χ0v) is 10.7. The smallest absolute Gasteiger partial charge is 0.383 e. The Balaban J connectivity index is 2.11. The second kappa shape index (κ2) is 5.10. The van der Waals surface area contributed by atoms with Gasteiger partial charge in [-0.05, 0) is 5.27 Å². The largest absolute Gasteiger partial charge is 0.438 e. The Kier molecular flexibility index (Phi) is 3.51. The molecule has 0 aliphatic heterocycles. The number of Topliss-reactive ketones (excluding diaryl/α,β-unsaturated/α-hetero) is 1. The average molecular weight is 283 g/mol. The van der Waals surface area contributed by atoms with E-state index in [4.69, 9.17) is 11.5 Å². The molecule has 100 valence electrons. The molecule has 2 heterocycles. The fourth-order valence-electron chi connectivity index (χ4n) is 1.37. The number of aromatic amines is 1. The van der Waals surface area contributed by atoms with E-state index in [1.54, 1.807) is 0 Å². The third kappa shape index (κ3) is 2.91. The molecule has 0 atom stereocenters. The molecule has 2 aromatic heterocycles. The zero-order chi connectivity index (χ0) is 14.0. The number of carbonyl (C=O) groups is 1. The van der Waals surface area contributed by atoms with Gasteiger partial charge in [-0.2, -0.15) is 0 Å². The van der Waals surface area contributed by atoms with Crippen LogP contribution in [-0.4, -0.2) is 26.8 Å². The molecule has 5 N–H and O–H groups in total. The van der Waals surface area contributed by atoms with Crippen LogP contribution in [0.2, 0.25) is 0 Å². The minimum Gasteiger partial charge on any atom is -0.383 e. The number of aryl methyl sites for hydroxylation is 1. The second-order valence-corrected chi connectivity index (χ2v) is 4.54. The number of H-pyrrole nitrogens is 1. The predicted molar refractivity (Wildman–Crippen MR) is 66.4 cm³/mol. The van der Waals surface area contributed by atoms with Crippen LogP contribution >= 0.6 is 11.8 Å². The lowest BCUT2D eigenvalue weighted by atomic mass is 10.3. The maximum absolute atomic E-state index is 11.9. The van der Waals surface area contributed by atoms with Gasteiger partial charge in [0.15, 0.2) is 12.2 Å². The Morgan fingerprint density at radius 3 is 2.63 bits per heavy atom. The zero-order valence-electron chi connectivity index (χ0n) is 9.91. The van der Waals surface area contributed by atoms with Gasteiger partial charge < -0.3 is 11.5 Å². The summed E-state index contributed by atoms with van der Waals surface area (Å²) in [7, 11) is 1.50. The first-order valence-corrected chi connectivity index (χ1v) is 6.09. The van der Waals surface area contributed by atoms with Crippen LogP contribution in [0, 0.1) is 0 Å².